The van der Waals surface area contributed by atoms with Crippen LogP contribution in [0.5, 0.6) is 0 Å². The van der Waals surface area contributed by atoms with Crippen molar-refractivity contribution >= 4 is 63.4 Å². The molecule has 2 aromatic rings. The van der Waals surface area contributed by atoms with Crippen LogP contribution in [0.3, 0.4) is 0 Å². The average Bonchev–Trinajstić information content (AvgIpc) is 3.04. The molecule has 0 unspecified atom stereocenters. The topological polar surface area (TPSA) is 68.2 Å². The lowest BCUT2D eigenvalue weighted by Crippen LogP contribution is -2.49. The molecule has 2 N–H and O–H groups in total. The number of hydrogen-bond donors (Lipinski definition) is 2. The van der Waals surface area contributed by atoms with Crippen LogP contribution in [-0.4, -0.2) is 59.4 Å². The maximum Gasteiger partial charge on any atom is 0.304 e. The van der Waals surface area contributed by atoms with Crippen LogP contribution in [0, 0.1) is 0 Å². The third-order valence-electron chi connectivity index (χ3n) is 4.75. The van der Waals surface area contributed by atoms with Crippen LogP contribution in [0.1, 0.15) is 12.0 Å². The molecule has 0 aliphatic carbocycles. The van der Waals surface area contributed by atoms with E-state index in [0.717, 1.165) is 54.6 Å². The smallest absolute Gasteiger partial charge is 0.304 e. The van der Waals surface area contributed by atoms with E-state index in [4.69, 9.17) is 33.3 Å². The van der Waals surface area contributed by atoms with Crippen molar-refractivity contribution in [2.45, 2.75) is 6.42 Å². The third-order valence-corrected chi connectivity index (χ3v) is 6.22. The fourth-order valence-electron chi connectivity index (χ4n) is 3.29. The highest BCUT2D eigenvalue weighted by Gasteiger charge is 2.26. The number of anilines is 2. The maximum atomic E-state index is 10.8. The summed E-state index contributed by atoms with van der Waals surface area (Å²) in [4.78, 5) is 20.1. The average molecular weight is 425 g/mol. The molecule has 0 bridgehead atoms. The molecular weight excluding hydrogens is 407 g/mol. The number of rotatable bonds is 3. The molecule has 2 aliphatic heterocycles. The molecule has 142 valence electrons. The summed E-state index contributed by atoms with van der Waals surface area (Å²) in [5.74, 6) is 0.153. The summed E-state index contributed by atoms with van der Waals surface area (Å²) < 4.78 is 0. The first-order valence-corrected chi connectivity index (χ1v) is 10.3. The highest BCUT2D eigenvalue weighted by molar-refractivity contribution is 7.08. The van der Waals surface area contributed by atoms with Gasteiger partial charge in [0.1, 0.15) is 5.84 Å². The molecule has 0 radical (unpaired) electrons. The van der Waals surface area contributed by atoms with Gasteiger partial charge in [-0.25, -0.2) is 4.99 Å². The fourth-order valence-corrected chi connectivity index (χ4v) is 4.37. The van der Waals surface area contributed by atoms with E-state index in [9.17, 15) is 4.79 Å². The molecule has 2 aliphatic rings. The minimum atomic E-state index is -0.758. The minimum Gasteiger partial charge on any atom is -0.481 e. The molecule has 0 saturated carbocycles. The predicted molar refractivity (Wildman–Crippen MR) is 111 cm³/mol. The van der Waals surface area contributed by atoms with Gasteiger partial charge in [-0.15, -0.1) is 11.3 Å². The number of aliphatic imine (C=N–C) groups is 1. The molecule has 1 saturated heterocycles. The lowest BCUT2D eigenvalue weighted by atomic mass is 10.2. The Morgan fingerprint density at radius 3 is 2.63 bits per heavy atom. The molecule has 0 atom stereocenters. The Hall–Kier alpha value is -1.80. The van der Waals surface area contributed by atoms with Gasteiger partial charge in [-0.1, -0.05) is 23.2 Å². The SMILES string of the molecule is O=C(O)CCN1CCN(C2=Nc3cc(Cl)c(Cl)cc3Nc3cscc32)CC1. The van der Waals surface area contributed by atoms with Gasteiger partial charge in [0.25, 0.3) is 0 Å². The molecule has 6 nitrogen and oxygen atoms in total. The van der Waals surface area contributed by atoms with Crippen LogP contribution < -0.4 is 5.32 Å². The summed E-state index contributed by atoms with van der Waals surface area (Å²) in [7, 11) is 0. The lowest BCUT2D eigenvalue weighted by molar-refractivity contribution is -0.137. The molecule has 0 amide bonds. The van der Waals surface area contributed by atoms with Crippen molar-refractivity contribution in [2.75, 3.05) is 38.0 Å². The van der Waals surface area contributed by atoms with Crippen molar-refractivity contribution in [3.63, 3.8) is 0 Å². The Morgan fingerprint density at radius 2 is 1.89 bits per heavy atom. The van der Waals surface area contributed by atoms with Crippen molar-refractivity contribution in [1.82, 2.24) is 9.80 Å². The zero-order valence-electron chi connectivity index (χ0n) is 14.4. The van der Waals surface area contributed by atoms with Crippen LogP contribution in [-0.2, 0) is 4.79 Å². The Balaban J connectivity index is 1.60. The molecule has 9 heteroatoms. The van der Waals surface area contributed by atoms with Gasteiger partial charge >= 0.3 is 5.97 Å². The Labute approximate surface area is 171 Å². The second-order valence-electron chi connectivity index (χ2n) is 6.52. The number of carbonyl (C=O) groups is 1. The highest BCUT2D eigenvalue weighted by atomic mass is 35.5. The normalized spacial score (nSPS) is 16.8. The first-order valence-electron chi connectivity index (χ1n) is 8.61. The van der Waals surface area contributed by atoms with Gasteiger partial charge in [-0.3, -0.25) is 9.69 Å². The second kappa shape index (κ2) is 7.67. The number of carboxylic acids is 1. The van der Waals surface area contributed by atoms with E-state index >= 15 is 0 Å². The van der Waals surface area contributed by atoms with Crippen LogP contribution in [0.15, 0.2) is 27.9 Å². The Bertz CT molecular complexity index is 907. The van der Waals surface area contributed by atoms with E-state index in [-0.39, 0.29) is 6.42 Å². The predicted octanol–water partition coefficient (Wildman–Crippen LogP) is 4.28. The standard InChI is InChI=1S/C18H18Cl2N4O2S/c19-12-7-14-15(8-13(12)20)22-18(11-9-27-10-16(11)21-14)24-5-3-23(4-6-24)2-1-17(25)26/h7-10,21H,1-6H2,(H,25,26). The number of aliphatic carboxylic acids is 1. The summed E-state index contributed by atoms with van der Waals surface area (Å²) in [6.45, 7) is 3.80. The van der Waals surface area contributed by atoms with Crippen LogP contribution >= 0.6 is 34.5 Å². The number of hydrogen-bond acceptors (Lipinski definition) is 6. The van der Waals surface area contributed by atoms with Crippen LogP contribution in [0.4, 0.5) is 17.1 Å². The van der Waals surface area contributed by atoms with Crippen molar-refractivity contribution in [3.05, 3.63) is 38.5 Å². The molecule has 4 rings (SSSR count). The minimum absolute atomic E-state index is 0.173. The third kappa shape index (κ3) is 3.91. The number of piperazine rings is 1. The molecule has 27 heavy (non-hydrogen) atoms. The summed E-state index contributed by atoms with van der Waals surface area (Å²) in [5.41, 5.74) is 3.65. The van der Waals surface area contributed by atoms with Crippen LogP contribution in [0.2, 0.25) is 10.0 Å². The largest absolute Gasteiger partial charge is 0.481 e. The van der Waals surface area contributed by atoms with Crippen molar-refractivity contribution in [3.8, 4) is 0 Å². The highest BCUT2D eigenvalue weighted by Crippen LogP contribution is 2.40. The molecule has 1 aromatic heterocycles. The summed E-state index contributed by atoms with van der Waals surface area (Å²) in [6, 6.07) is 3.58. The van der Waals surface area contributed by atoms with Gasteiger partial charge < -0.3 is 15.3 Å². The first kappa shape index (κ1) is 18.6. The quantitative estimate of drug-likeness (QED) is 0.769. The van der Waals surface area contributed by atoms with Crippen molar-refractivity contribution < 1.29 is 9.90 Å². The van der Waals surface area contributed by atoms with E-state index in [1.165, 1.54) is 0 Å². The van der Waals surface area contributed by atoms with Gasteiger partial charge in [0.15, 0.2) is 0 Å². The second-order valence-corrected chi connectivity index (χ2v) is 8.07. The van der Waals surface area contributed by atoms with Gasteiger partial charge in [0, 0.05) is 43.5 Å². The van der Waals surface area contributed by atoms with E-state index in [1.807, 2.05) is 0 Å². The number of fused-ring (bicyclic) bond motifs is 2. The van der Waals surface area contributed by atoms with E-state index < -0.39 is 5.97 Å². The number of benzene rings is 1. The number of nitrogens with one attached hydrogen (secondary N) is 1. The van der Waals surface area contributed by atoms with Gasteiger partial charge in [0.05, 0.1) is 39.1 Å². The van der Waals surface area contributed by atoms with E-state index in [0.29, 0.717) is 16.6 Å². The summed E-state index contributed by atoms with van der Waals surface area (Å²) in [6.07, 6.45) is 0.173. The van der Waals surface area contributed by atoms with Gasteiger partial charge in [-0.2, -0.15) is 0 Å². The monoisotopic (exact) mass is 424 g/mol. The molecule has 3 heterocycles. The summed E-state index contributed by atoms with van der Waals surface area (Å²) in [5, 5.41) is 17.4. The molecule has 1 fully saturated rings. The Kier molecular flexibility index (Phi) is 5.27. The van der Waals surface area contributed by atoms with E-state index in [1.54, 1.807) is 23.5 Å². The van der Waals surface area contributed by atoms with E-state index in [2.05, 4.69) is 25.9 Å². The number of nitrogens with zero attached hydrogens (tertiary/aromatic N) is 3. The zero-order valence-corrected chi connectivity index (χ0v) is 16.7. The molecule has 1 aromatic carbocycles. The van der Waals surface area contributed by atoms with Gasteiger partial charge in [-0.05, 0) is 12.1 Å². The molecule has 0 spiro atoms. The number of halogens is 2. The zero-order chi connectivity index (χ0) is 19.0. The molecular formula is C18H18Cl2N4O2S. The first-order chi connectivity index (χ1) is 13.0. The van der Waals surface area contributed by atoms with Crippen molar-refractivity contribution in [2.24, 2.45) is 4.99 Å². The number of thiophene rings is 1. The number of amidine groups is 1. The fraction of sp³-hybridized carbons (Fsp3) is 0.333. The summed E-state index contributed by atoms with van der Waals surface area (Å²) >= 11 is 14.0. The van der Waals surface area contributed by atoms with Gasteiger partial charge in [0.2, 0.25) is 0 Å². The van der Waals surface area contributed by atoms with Crippen molar-refractivity contribution in [1.29, 1.82) is 0 Å². The Morgan fingerprint density at radius 1 is 1.15 bits per heavy atom. The van der Waals surface area contributed by atoms with Crippen LogP contribution in [0.25, 0.3) is 0 Å². The maximum absolute atomic E-state index is 10.8. The lowest BCUT2D eigenvalue weighted by Gasteiger charge is -2.36. The number of carboxylic acid groups (broad SMARTS) is 1.